The average Bonchev–Trinajstić information content (AvgIpc) is 2.79. The van der Waals surface area contributed by atoms with Crippen LogP contribution in [0.25, 0.3) is 0 Å². The highest BCUT2D eigenvalue weighted by atomic mass is 35.5. The number of likely N-dealkylation sites (N-methyl/N-ethyl adjacent to an activating group) is 1. The molecular weight excluding hydrogens is 282 g/mol. The van der Waals surface area contributed by atoms with Crippen LogP contribution in [0.15, 0.2) is 30.3 Å². The SMILES string of the molecule is CCn1nc(C)c(Cl)c1CC(CCc1ccccc1)NC. The Kier molecular flexibility index (Phi) is 5.83. The molecular formula is C17H24ClN3. The molecule has 21 heavy (non-hydrogen) atoms. The maximum Gasteiger partial charge on any atom is 0.0847 e. The Bertz CT molecular complexity index is 563. The minimum atomic E-state index is 0.407. The molecule has 2 aromatic rings. The smallest absolute Gasteiger partial charge is 0.0847 e. The molecule has 2 rings (SSSR count). The molecule has 1 atom stereocenters. The summed E-state index contributed by atoms with van der Waals surface area (Å²) in [6.07, 6.45) is 3.07. The van der Waals surface area contributed by atoms with E-state index in [-0.39, 0.29) is 0 Å². The number of nitrogens with one attached hydrogen (secondary N) is 1. The van der Waals surface area contributed by atoms with Crippen molar-refractivity contribution in [3.8, 4) is 0 Å². The van der Waals surface area contributed by atoms with Crippen molar-refractivity contribution >= 4 is 11.6 Å². The average molecular weight is 306 g/mol. The van der Waals surface area contributed by atoms with Gasteiger partial charge < -0.3 is 5.32 Å². The number of rotatable bonds is 7. The molecule has 1 unspecified atom stereocenters. The Balaban J connectivity index is 2.02. The van der Waals surface area contributed by atoms with Crippen molar-refractivity contribution in [1.82, 2.24) is 15.1 Å². The van der Waals surface area contributed by atoms with Gasteiger partial charge in [0, 0.05) is 19.0 Å². The highest BCUT2D eigenvalue weighted by Gasteiger charge is 2.17. The molecule has 0 saturated heterocycles. The fourth-order valence-electron chi connectivity index (χ4n) is 2.63. The number of benzene rings is 1. The van der Waals surface area contributed by atoms with Gasteiger partial charge in [-0.15, -0.1) is 0 Å². The monoisotopic (exact) mass is 305 g/mol. The number of hydrogen-bond donors (Lipinski definition) is 1. The third kappa shape index (κ3) is 4.08. The van der Waals surface area contributed by atoms with Crippen LogP contribution in [0.1, 0.15) is 30.3 Å². The molecule has 0 saturated carbocycles. The molecule has 0 fully saturated rings. The van der Waals surface area contributed by atoms with Crippen molar-refractivity contribution < 1.29 is 0 Å². The van der Waals surface area contributed by atoms with Crippen molar-refractivity contribution in [3.63, 3.8) is 0 Å². The second-order valence-electron chi connectivity index (χ2n) is 5.38. The summed E-state index contributed by atoms with van der Waals surface area (Å²) < 4.78 is 2.02. The highest BCUT2D eigenvalue weighted by Crippen LogP contribution is 2.22. The number of aromatic nitrogens is 2. The second-order valence-corrected chi connectivity index (χ2v) is 5.75. The summed E-state index contributed by atoms with van der Waals surface area (Å²) in [5.41, 5.74) is 3.44. The molecule has 1 aromatic carbocycles. The third-order valence-corrected chi connectivity index (χ3v) is 4.42. The quantitative estimate of drug-likeness (QED) is 0.846. The van der Waals surface area contributed by atoms with Crippen LogP contribution in [-0.4, -0.2) is 22.9 Å². The molecule has 0 aliphatic heterocycles. The van der Waals surface area contributed by atoms with E-state index in [1.54, 1.807) is 0 Å². The van der Waals surface area contributed by atoms with Crippen molar-refractivity contribution in [3.05, 3.63) is 52.3 Å². The van der Waals surface area contributed by atoms with Gasteiger partial charge in [0.15, 0.2) is 0 Å². The molecule has 0 bridgehead atoms. The zero-order valence-electron chi connectivity index (χ0n) is 13.1. The lowest BCUT2D eigenvalue weighted by molar-refractivity contribution is 0.494. The first kappa shape index (κ1) is 16.1. The Morgan fingerprint density at radius 3 is 2.62 bits per heavy atom. The molecule has 3 nitrogen and oxygen atoms in total. The first-order valence-electron chi connectivity index (χ1n) is 7.58. The van der Waals surface area contributed by atoms with E-state index in [1.807, 2.05) is 18.7 Å². The second kappa shape index (κ2) is 7.62. The summed E-state index contributed by atoms with van der Waals surface area (Å²) in [6.45, 7) is 4.93. The number of nitrogens with zero attached hydrogens (tertiary/aromatic N) is 2. The van der Waals surface area contributed by atoms with Crippen LogP contribution in [0.3, 0.4) is 0 Å². The lowest BCUT2D eigenvalue weighted by Crippen LogP contribution is -2.29. The lowest BCUT2D eigenvalue weighted by atomic mass is 10.0. The predicted molar refractivity (Wildman–Crippen MR) is 89.0 cm³/mol. The van der Waals surface area contributed by atoms with E-state index < -0.39 is 0 Å². The van der Waals surface area contributed by atoms with E-state index in [0.717, 1.165) is 42.2 Å². The Morgan fingerprint density at radius 1 is 1.29 bits per heavy atom. The fourth-order valence-corrected chi connectivity index (χ4v) is 2.84. The van der Waals surface area contributed by atoms with Gasteiger partial charge in [-0.25, -0.2) is 0 Å². The zero-order valence-corrected chi connectivity index (χ0v) is 13.8. The van der Waals surface area contributed by atoms with Crippen molar-refractivity contribution in [2.45, 2.75) is 45.7 Å². The van der Waals surface area contributed by atoms with Crippen molar-refractivity contribution in [1.29, 1.82) is 0 Å². The minimum Gasteiger partial charge on any atom is -0.317 e. The first-order valence-corrected chi connectivity index (χ1v) is 7.96. The summed E-state index contributed by atoms with van der Waals surface area (Å²) in [5, 5.41) is 8.72. The summed E-state index contributed by atoms with van der Waals surface area (Å²) in [5.74, 6) is 0. The molecule has 0 spiro atoms. The summed E-state index contributed by atoms with van der Waals surface area (Å²) in [4.78, 5) is 0. The standard InChI is InChI=1S/C17H24ClN3/c1-4-21-16(17(18)13(2)20-21)12-15(19-3)11-10-14-8-6-5-7-9-14/h5-9,15,19H,4,10-12H2,1-3H3. The minimum absolute atomic E-state index is 0.407. The van der Waals surface area contributed by atoms with Crippen LogP contribution in [0, 0.1) is 6.92 Å². The fraction of sp³-hybridized carbons (Fsp3) is 0.471. The van der Waals surface area contributed by atoms with Gasteiger partial charge >= 0.3 is 0 Å². The van der Waals surface area contributed by atoms with Crippen LogP contribution >= 0.6 is 11.6 Å². The topological polar surface area (TPSA) is 29.9 Å². The van der Waals surface area contributed by atoms with Gasteiger partial charge in [-0.05, 0) is 39.3 Å². The maximum atomic E-state index is 6.40. The van der Waals surface area contributed by atoms with E-state index in [9.17, 15) is 0 Å². The van der Waals surface area contributed by atoms with E-state index >= 15 is 0 Å². The molecule has 114 valence electrons. The van der Waals surface area contributed by atoms with Crippen LogP contribution in [0.4, 0.5) is 0 Å². The molecule has 0 amide bonds. The highest BCUT2D eigenvalue weighted by molar-refractivity contribution is 6.31. The van der Waals surface area contributed by atoms with Gasteiger partial charge in [0.25, 0.3) is 0 Å². The van der Waals surface area contributed by atoms with Crippen LogP contribution in [-0.2, 0) is 19.4 Å². The van der Waals surface area contributed by atoms with Crippen LogP contribution in [0.2, 0.25) is 5.02 Å². The normalized spacial score (nSPS) is 12.6. The van der Waals surface area contributed by atoms with E-state index in [0.29, 0.717) is 6.04 Å². The first-order chi connectivity index (χ1) is 10.2. The molecule has 0 radical (unpaired) electrons. The van der Waals surface area contributed by atoms with Gasteiger partial charge in [-0.2, -0.15) is 5.10 Å². The molecule has 4 heteroatoms. The van der Waals surface area contributed by atoms with E-state index in [2.05, 4.69) is 47.7 Å². The molecule has 0 aliphatic rings. The zero-order chi connectivity index (χ0) is 15.2. The van der Waals surface area contributed by atoms with E-state index in [1.165, 1.54) is 5.56 Å². The Hall–Kier alpha value is -1.32. The van der Waals surface area contributed by atoms with Crippen LogP contribution < -0.4 is 5.32 Å². The Labute approximate surface area is 132 Å². The lowest BCUT2D eigenvalue weighted by Gasteiger charge is -2.17. The summed E-state index contributed by atoms with van der Waals surface area (Å²) >= 11 is 6.40. The van der Waals surface area contributed by atoms with Gasteiger partial charge in [-0.3, -0.25) is 4.68 Å². The Morgan fingerprint density at radius 2 is 2.00 bits per heavy atom. The largest absolute Gasteiger partial charge is 0.317 e. The summed E-state index contributed by atoms with van der Waals surface area (Å²) in [7, 11) is 2.02. The van der Waals surface area contributed by atoms with Gasteiger partial charge in [0.05, 0.1) is 16.4 Å². The number of hydrogen-bond acceptors (Lipinski definition) is 2. The van der Waals surface area contributed by atoms with Gasteiger partial charge in [0.2, 0.25) is 0 Å². The molecule has 1 N–H and O–H groups in total. The van der Waals surface area contributed by atoms with E-state index in [4.69, 9.17) is 11.6 Å². The number of aryl methyl sites for hydroxylation is 3. The maximum absolute atomic E-state index is 6.40. The summed E-state index contributed by atoms with van der Waals surface area (Å²) in [6, 6.07) is 11.0. The predicted octanol–water partition coefficient (Wildman–Crippen LogP) is 3.63. The number of halogens is 1. The van der Waals surface area contributed by atoms with Gasteiger partial charge in [-0.1, -0.05) is 41.9 Å². The van der Waals surface area contributed by atoms with Crippen molar-refractivity contribution in [2.75, 3.05) is 7.05 Å². The van der Waals surface area contributed by atoms with Crippen LogP contribution in [0.5, 0.6) is 0 Å². The molecule has 0 aliphatic carbocycles. The molecule has 1 heterocycles. The van der Waals surface area contributed by atoms with Gasteiger partial charge in [0.1, 0.15) is 0 Å². The van der Waals surface area contributed by atoms with Crippen molar-refractivity contribution in [2.24, 2.45) is 0 Å². The third-order valence-electron chi connectivity index (χ3n) is 3.93. The molecule has 1 aromatic heterocycles.